The maximum absolute atomic E-state index is 12.9. The summed E-state index contributed by atoms with van der Waals surface area (Å²) >= 11 is 0. The smallest absolute Gasteiger partial charge is 0.270 e. The zero-order chi connectivity index (χ0) is 16.8. The molecular weight excluding hydrogens is 308 g/mol. The van der Waals surface area contributed by atoms with Crippen LogP contribution in [-0.2, 0) is 0 Å². The number of carbonyl (C=O) groups excluding carboxylic acids is 2. The van der Waals surface area contributed by atoms with Crippen molar-refractivity contribution in [2.24, 2.45) is 5.92 Å². The molecule has 1 atom stereocenters. The van der Waals surface area contributed by atoms with Gasteiger partial charge in [0.25, 0.3) is 5.69 Å². The summed E-state index contributed by atoms with van der Waals surface area (Å²) in [5.74, 6) is -1.22. The molecule has 6 heteroatoms. The molecule has 4 rings (SSSR count). The summed E-state index contributed by atoms with van der Waals surface area (Å²) in [6.45, 7) is 2.18. The molecule has 1 unspecified atom stereocenters. The number of benzene rings is 2. The minimum atomic E-state index is -0.761. The Kier molecular flexibility index (Phi) is 3.42. The molecule has 1 aliphatic carbocycles. The summed E-state index contributed by atoms with van der Waals surface area (Å²) in [6.07, 6.45) is 2.15. The zero-order valence-corrected chi connectivity index (χ0v) is 13.0. The van der Waals surface area contributed by atoms with Crippen molar-refractivity contribution in [3.05, 3.63) is 51.6 Å². The average molecular weight is 324 g/mol. The Labute approximate surface area is 138 Å². The molecule has 0 aromatic heterocycles. The van der Waals surface area contributed by atoms with Crippen LogP contribution in [0.4, 0.5) is 5.69 Å². The van der Waals surface area contributed by atoms with E-state index >= 15 is 0 Å². The molecule has 2 aliphatic rings. The molecular formula is C18H16N2O4. The minimum absolute atomic E-state index is 0.114. The Morgan fingerprint density at radius 3 is 2.50 bits per heavy atom. The lowest BCUT2D eigenvalue weighted by atomic mass is 9.79. The number of nitrogens with zero attached hydrogens (tertiary/aromatic N) is 2. The van der Waals surface area contributed by atoms with Gasteiger partial charge >= 0.3 is 0 Å². The summed E-state index contributed by atoms with van der Waals surface area (Å²) in [5, 5.41) is 12.3. The van der Waals surface area contributed by atoms with Gasteiger partial charge < -0.3 is 4.90 Å². The average Bonchev–Trinajstić information content (AvgIpc) is 3.09. The van der Waals surface area contributed by atoms with Crippen LogP contribution in [0.25, 0.3) is 10.8 Å². The third kappa shape index (κ3) is 2.22. The van der Waals surface area contributed by atoms with Gasteiger partial charge in [-0.15, -0.1) is 0 Å². The molecule has 0 spiro atoms. The third-order valence-electron chi connectivity index (χ3n) is 4.98. The van der Waals surface area contributed by atoms with Crippen LogP contribution in [0.3, 0.4) is 0 Å². The van der Waals surface area contributed by atoms with Crippen LogP contribution in [0.5, 0.6) is 0 Å². The molecule has 122 valence electrons. The largest absolute Gasteiger partial charge is 0.302 e. The highest BCUT2D eigenvalue weighted by Crippen LogP contribution is 2.35. The monoisotopic (exact) mass is 324 g/mol. The lowest BCUT2D eigenvalue weighted by Gasteiger charge is -2.26. The van der Waals surface area contributed by atoms with Crippen molar-refractivity contribution >= 4 is 28.0 Å². The molecule has 2 aromatic carbocycles. The Morgan fingerprint density at radius 2 is 1.79 bits per heavy atom. The normalized spacial score (nSPS) is 20.8. The van der Waals surface area contributed by atoms with Crippen LogP contribution < -0.4 is 0 Å². The Morgan fingerprint density at radius 1 is 1.08 bits per heavy atom. The van der Waals surface area contributed by atoms with Gasteiger partial charge in [0.05, 0.1) is 10.8 Å². The van der Waals surface area contributed by atoms with Crippen LogP contribution in [0, 0.1) is 16.0 Å². The van der Waals surface area contributed by atoms with Gasteiger partial charge in [-0.3, -0.25) is 19.7 Å². The molecule has 1 heterocycles. The molecule has 6 nitrogen and oxygen atoms in total. The fourth-order valence-electron chi connectivity index (χ4n) is 3.80. The quantitative estimate of drug-likeness (QED) is 0.493. The van der Waals surface area contributed by atoms with E-state index in [2.05, 4.69) is 4.90 Å². The molecule has 2 aromatic rings. The molecule has 0 saturated carbocycles. The van der Waals surface area contributed by atoms with Crippen molar-refractivity contribution < 1.29 is 14.5 Å². The number of nitro benzene ring substituents is 1. The van der Waals surface area contributed by atoms with E-state index in [0.29, 0.717) is 28.4 Å². The maximum Gasteiger partial charge on any atom is 0.270 e. The second kappa shape index (κ2) is 5.49. The SMILES string of the molecule is O=C1c2cccc3cc([N+](=O)[O-])cc(c23)C(=O)C1CN1CCCC1. The van der Waals surface area contributed by atoms with Crippen molar-refractivity contribution in [2.75, 3.05) is 19.6 Å². The number of hydrogen-bond donors (Lipinski definition) is 0. The number of carbonyl (C=O) groups is 2. The predicted molar refractivity (Wildman–Crippen MR) is 88.4 cm³/mol. The fourth-order valence-corrected chi connectivity index (χ4v) is 3.80. The van der Waals surface area contributed by atoms with E-state index < -0.39 is 10.8 Å². The lowest BCUT2D eigenvalue weighted by Crippen LogP contribution is -2.38. The third-order valence-corrected chi connectivity index (χ3v) is 4.98. The van der Waals surface area contributed by atoms with Gasteiger partial charge in [-0.05, 0) is 31.3 Å². The number of Topliss-reactive ketones (excluding diaryl/α,β-unsaturated/α-hetero) is 2. The first-order chi connectivity index (χ1) is 11.6. The molecule has 1 fully saturated rings. The van der Waals surface area contributed by atoms with Gasteiger partial charge in [0.1, 0.15) is 0 Å². The second-order valence-electron chi connectivity index (χ2n) is 6.44. The van der Waals surface area contributed by atoms with E-state index in [1.807, 2.05) is 0 Å². The van der Waals surface area contributed by atoms with Gasteiger partial charge in [0.2, 0.25) is 0 Å². The first kappa shape index (κ1) is 15.0. The first-order valence-corrected chi connectivity index (χ1v) is 8.08. The highest BCUT2D eigenvalue weighted by atomic mass is 16.6. The Bertz CT molecular complexity index is 884. The van der Waals surface area contributed by atoms with E-state index in [-0.39, 0.29) is 17.3 Å². The molecule has 0 radical (unpaired) electrons. The molecule has 0 bridgehead atoms. The maximum atomic E-state index is 12.9. The fraction of sp³-hybridized carbons (Fsp3) is 0.333. The summed E-state index contributed by atoms with van der Waals surface area (Å²) in [6, 6.07) is 7.87. The van der Waals surface area contributed by atoms with E-state index in [1.54, 1.807) is 18.2 Å². The molecule has 0 amide bonds. The Hall–Kier alpha value is -2.60. The van der Waals surface area contributed by atoms with Gasteiger partial charge in [0, 0.05) is 35.2 Å². The number of ketones is 2. The van der Waals surface area contributed by atoms with Crippen molar-refractivity contribution in [1.29, 1.82) is 0 Å². The van der Waals surface area contributed by atoms with Crippen LogP contribution >= 0.6 is 0 Å². The van der Waals surface area contributed by atoms with Crippen molar-refractivity contribution in [3.8, 4) is 0 Å². The van der Waals surface area contributed by atoms with Gasteiger partial charge in [-0.2, -0.15) is 0 Å². The Balaban J connectivity index is 1.86. The molecule has 24 heavy (non-hydrogen) atoms. The standard InChI is InChI=1S/C18H16N2O4/c21-17-13-5-3-4-11-8-12(20(23)24)9-14(16(11)13)18(22)15(17)10-19-6-1-2-7-19/h3-5,8-9,15H,1-2,6-7,10H2. The highest BCUT2D eigenvalue weighted by molar-refractivity contribution is 6.29. The highest BCUT2D eigenvalue weighted by Gasteiger charge is 2.38. The summed E-state index contributed by atoms with van der Waals surface area (Å²) < 4.78 is 0. The summed E-state index contributed by atoms with van der Waals surface area (Å²) in [4.78, 5) is 38.5. The van der Waals surface area contributed by atoms with E-state index in [1.165, 1.54) is 12.1 Å². The van der Waals surface area contributed by atoms with Crippen LogP contribution in [0.15, 0.2) is 30.3 Å². The molecule has 1 aliphatic heterocycles. The topological polar surface area (TPSA) is 80.5 Å². The molecule has 0 N–H and O–H groups in total. The van der Waals surface area contributed by atoms with Crippen LogP contribution in [0.2, 0.25) is 0 Å². The van der Waals surface area contributed by atoms with Crippen molar-refractivity contribution in [1.82, 2.24) is 4.90 Å². The van der Waals surface area contributed by atoms with E-state index in [9.17, 15) is 19.7 Å². The predicted octanol–water partition coefficient (Wildman–Crippen LogP) is 2.84. The number of non-ortho nitro benzene ring substituents is 1. The van der Waals surface area contributed by atoms with Crippen molar-refractivity contribution in [3.63, 3.8) is 0 Å². The number of hydrogen-bond acceptors (Lipinski definition) is 5. The molecule has 1 saturated heterocycles. The number of nitro groups is 1. The number of likely N-dealkylation sites (tertiary alicyclic amines) is 1. The van der Waals surface area contributed by atoms with Gasteiger partial charge in [0.15, 0.2) is 11.6 Å². The van der Waals surface area contributed by atoms with Crippen molar-refractivity contribution in [2.45, 2.75) is 12.8 Å². The van der Waals surface area contributed by atoms with E-state index in [4.69, 9.17) is 0 Å². The van der Waals surface area contributed by atoms with Crippen LogP contribution in [0.1, 0.15) is 33.6 Å². The van der Waals surface area contributed by atoms with E-state index in [0.717, 1.165) is 25.9 Å². The zero-order valence-electron chi connectivity index (χ0n) is 13.0. The van der Waals surface area contributed by atoms with Gasteiger partial charge in [-0.25, -0.2) is 0 Å². The van der Waals surface area contributed by atoms with Gasteiger partial charge in [-0.1, -0.05) is 18.2 Å². The van der Waals surface area contributed by atoms with Crippen LogP contribution in [-0.4, -0.2) is 41.0 Å². The lowest BCUT2D eigenvalue weighted by molar-refractivity contribution is -0.384. The first-order valence-electron chi connectivity index (χ1n) is 8.08. The second-order valence-corrected chi connectivity index (χ2v) is 6.44. The minimum Gasteiger partial charge on any atom is -0.302 e. The number of rotatable bonds is 3. The summed E-state index contributed by atoms with van der Waals surface area (Å²) in [7, 11) is 0. The summed E-state index contributed by atoms with van der Waals surface area (Å²) in [5.41, 5.74) is 0.692.